The summed E-state index contributed by atoms with van der Waals surface area (Å²) in [6, 6.07) is 9.09. The Morgan fingerprint density at radius 2 is 2.00 bits per heavy atom. The van der Waals surface area contributed by atoms with Crippen molar-refractivity contribution in [1.82, 2.24) is 0 Å². The Morgan fingerprint density at radius 3 is 2.58 bits per heavy atom. The van der Waals surface area contributed by atoms with E-state index in [2.05, 4.69) is 5.92 Å². The second-order valence-electron chi connectivity index (χ2n) is 2.62. The molecule has 0 N–H and O–H groups in total. The molecular formula is C11H11F. The molecule has 1 heteroatoms. The molecule has 1 aromatic carbocycles. The van der Waals surface area contributed by atoms with Crippen molar-refractivity contribution in [3.63, 3.8) is 0 Å². The van der Waals surface area contributed by atoms with Crippen LogP contribution >= 0.6 is 0 Å². The van der Waals surface area contributed by atoms with Gasteiger partial charge in [-0.15, -0.1) is 12.3 Å². The number of rotatable bonds is 3. The molecule has 1 rings (SSSR count). The summed E-state index contributed by atoms with van der Waals surface area (Å²) >= 11 is 0. The maximum atomic E-state index is 13.2. The summed E-state index contributed by atoms with van der Waals surface area (Å²) < 4.78 is 13.2. The van der Waals surface area contributed by atoms with Gasteiger partial charge in [-0.05, 0) is 12.0 Å². The van der Waals surface area contributed by atoms with Crippen LogP contribution in [0, 0.1) is 12.3 Å². The van der Waals surface area contributed by atoms with Crippen LogP contribution in [0.5, 0.6) is 0 Å². The molecule has 1 aromatic rings. The normalized spacial score (nSPS) is 12.0. The molecule has 0 bridgehead atoms. The zero-order chi connectivity index (χ0) is 8.81. The summed E-state index contributed by atoms with van der Waals surface area (Å²) in [4.78, 5) is 0. The molecule has 0 aromatic heterocycles. The van der Waals surface area contributed by atoms with E-state index in [1.807, 2.05) is 18.2 Å². The van der Waals surface area contributed by atoms with E-state index < -0.39 is 6.17 Å². The highest BCUT2D eigenvalue weighted by atomic mass is 19.1. The first-order valence-electron chi connectivity index (χ1n) is 3.97. The largest absolute Gasteiger partial charge is 0.242 e. The van der Waals surface area contributed by atoms with Crippen molar-refractivity contribution >= 4 is 0 Å². The molecule has 0 aliphatic rings. The van der Waals surface area contributed by atoms with Crippen molar-refractivity contribution < 1.29 is 4.39 Å². The van der Waals surface area contributed by atoms with Gasteiger partial charge in [0, 0.05) is 6.42 Å². The second-order valence-corrected chi connectivity index (χ2v) is 2.62. The third-order valence-electron chi connectivity index (χ3n) is 1.70. The zero-order valence-corrected chi connectivity index (χ0v) is 6.83. The standard InChI is InChI=1S/C11H11F/c1-2-3-9-11(12)10-7-5-4-6-8-10/h1,4-8,11H,3,9H2. The van der Waals surface area contributed by atoms with Crippen molar-refractivity contribution in [2.24, 2.45) is 0 Å². The SMILES string of the molecule is C#CCCC(F)c1ccccc1. The van der Waals surface area contributed by atoms with Gasteiger partial charge in [-0.1, -0.05) is 30.3 Å². The van der Waals surface area contributed by atoms with Gasteiger partial charge in [-0.25, -0.2) is 4.39 Å². The van der Waals surface area contributed by atoms with Gasteiger partial charge in [0.1, 0.15) is 6.17 Å². The van der Waals surface area contributed by atoms with Gasteiger partial charge < -0.3 is 0 Å². The van der Waals surface area contributed by atoms with Crippen molar-refractivity contribution in [1.29, 1.82) is 0 Å². The Hall–Kier alpha value is -1.29. The first-order valence-corrected chi connectivity index (χ1v) is 3.97. The summed E-state index contributed by atoms with van der Waals surface area (Å²) in [5.74, 6) is 2.43. The molecule has 62 valence electrons. The average Bonchev–Trinajstić information content (AvgIpc) is 2.15. The number of terminal acetylenes is 1. The number of alkyl halides is 1. The minimum absolute atomic E-state index is 0.417. The number of hydrogen-bond donors (Lipinski definition) is 0. The van der Waals surface area contributed by atoms with Gasteiger partial charge in [0.05, 0.1) is 0 Å². The fraction of sp³-hybridized carbons (Fsp3) is 0.273. The van der Waals surface area contributed by atoms with Crippen LogP contribution in [0.25, 0.3) is 0 Å². The van der Waals surface area contributed by atoms with Gasteiger partial charge in [-0.3, -0.25) is 0 Å². The lowest BCUT2D eigenvalue weighted by Gasteiger charge is -2.04. The van der Waals surface area contributed by atoms with Crippen molar-refractivity contribution in [3.05, 3.63) is 35.9 Å². The van der Waals surface area contributed by atoms with Gasteiger partial charge in [0.2, 0.25) is 0 Å². The van der Waals surface area contributed by atoms with Gasteiger partial charge in [0.15, 0.2) is 0 Å². The topological polar surface area (TPSA) is 0 Å². The highest BCUT2D eigenvalue weighted by Gasteiger charge is 2.06. The molecule has 0 saturated heterocycles. The lowest BCUT2D eigenvalue weighted by molar-refractivity contribution is 0.327. The van der Waals surface area contributed by atoms with Gasteiger partial charge in [0.25, 0.3) is 0 Å². The lowest BCUT2D eigenvalue weighted by Crippen LogP contribution is -1.89. The molecule has 0 saturated carbocycles. The predicted molar refractivity (Wildman–Crippen MR) is 48.4 cm³/mol. The predicted octanol–water partition coefficient (Wildman–Crippen LogP) is 3.11. The van der Waals surface area contributed by atoms with E-state index in [4.69, 9.17) is 6.42 Å². The van der Waals surface area contributed by atoms with Crippen molar-refractivity contribution in [3.8, 4) is 12.3 Å². The number of halogens is 1. The minimum atomic E-state index is -0.915. The first kappa shape index (κ1) is 8.80. The van der Waals surface area contributed by atoms with Crippen molar-refractivity contribution in [2.75, 3.05) is 0 Å². The van der Waals surface area contributed by atoms with Crippen LogP contribution in [0.2, 0.25) is 0 Å². The third kappa shape index (κ3) is 2.39. The summed E-state index contributed by atoms with van der Waals surface area (Å²) in [6.07, 6.45) is 5.04. The molecule has 0 heterocycles. The molecule has 0 aliphatic carbocycles. The minimum Gasteiger partial charge on any atom is -0.242 e. The Balaban J connectivity index is 2.55. The number of benzene rings is 1. The maximum absolute atomic E-state index is 13.2. The van der Waals surface area contributed by atoms with E-state index in [1.165, 1.54) is 0 Å². The van der Waals surface area contributed by atoms with Gasteiger partial charge in [-0.2, -0.15) is 0 Å². The number of hydrogen-bond acceptors (Lipinski definition) is 0. The zero-order valence-electron chi connectivity index (χ0n) is 6.83. The van der Waals surface area contributed by atoms with Crippen LogP contribution < -0.4 is 0 Å². The molecule has 0 nitrogen and oxygen atoms in total. The van der Waals surface area contributed by atoms with E-state index in [0.717, 1.165) is 0 Å². The molecule has 0 fully saturated rings. The fourth-order valence-corrected chi connectivity index (χ4v) is 1.04. The quantitative estimate of drug-likeness (QED) is 0.599. The molecular weight excluding hydrogens is 151 g/mol. The Bertz CT molecular complexity index is 258. The Morgan fingerprint density at radius 1 is 1.33 bits per heavy atom. The molecule has 0 aliphatic heterocycles. The summed E-state index contributed by atoms with van der Waals surface area (Å²) in [7, 11) is 0. The highest BCUT2D eigenvalue weighted by molar-refractivity contribution is 5.17. The van der Waals surface area contributed by atoms with Crippen LogP contribution in [-0.4, -0.2) is 0 Å². The summed E-state index contributed by atoms with van der Waals surface area (Å²) in [5.41, 5.74) is 0.716. The van der Waals surface area contributed by atoms with Crippen molar-refractivity contribution in [2.45, 2.75) is 19.0 Å². The summed E-state index contributed by atoms with van der Waals surface area (Å²) in [6.45, 7) is 0. The first-order chi connectivity index (χ1) is 5.84. The molecule has 0 spiro atoms. The Kier molecular flexibility index (Phi) is 3.35. The molecule has 1 atom stereocenters. The van der Waals surface area contributed by atoms with E-state index in [0.29, 0.717) is 18.4 Å². The van der Waals surface area contributed by atoms with Crippen LogP contribution in [0.4, 0.5) is 4.39 Å². The van der Waals surface area contributed by atoms with E-state index in [9.17, 15) is 4.39 Å². The van der Waals surface area contributed by atoms with Crippen LogP contribution in [0.15, 0.2) is 30.3 Å². The molecule has 1 unspecified atom stereocenters. The average molecular weight is 162 g/mol. The van der Waals surface area contributed by atoms with E-state index in [-0.39, 0.29) is 0 Å². The molecule has 12 heavy (non-hydrogen) atoms. The van der Waals surface area contributed by atoms with Crippen LogP contribution in [0.3, 0.4) is 0 Å². The van der Waals surface area contributed by atoms with E-state index in [1.54, 1.807) is 12.1 Å². The summed E-state index contributed by atoms with van der Waals surface area (Å²) in [5, 5.41) is 0. The third-order valence-corrected chi connectivity index (χ3v) is 1.70. The monoisotopic (exact) mass is 162 g/mol. The van der Waals surface area contributed by atoms with Crippen LogP contribution in [-0.2, 0) is 0 Å². The molecule has 0 amide bonds. The fourth-order valence-electron chi connectivity index (χ4n) is 1.04. The van der Waals surface area contributed by atoms with E-state index >= 15 is 0 Å². The lowest BCUT2D eigenvalue weighted by atomic mass is 10.1. The van der Waals surface area contributed by atoms with Crippen LogP contribution in [0.1, 0.15) is 24.6 Å². The molecule has 0 radical (unpaired) electrons. The maximum Gasteiger partial charge on any atom is 0.126 e. The van der Waals surface area contributed by atoms with Gasteiger partial charge >= 0.3 is 0 Å². The Labute approximate surface area is 72.4 Å². The smallest absolute Gasteiger partial charge is 0.126 e. The second kappa shape index (κ2) is 4.56. The highest BCUT2D eigenvalue weighted by Crippen LogP contribution is 2.21.